The molecule has 22 heavy (non-hydrogen) atoms. The van der Waals surface area contributed by atoms with E-state index in [0.717, 1.165) is 21.7 Å². The van der Waals surface area contributed by atoms with Crippen LogP contribution in [0.3, 0.4) is 0 Å². The minimum atomic E-state index is -0.234. The van der Waals surface area contributed by atoms with E-state index in [1.165, 1.54) is 13.3 Å². The number of aryl methyl sites for hydroxylation is 1. The molecule has 0 unspecified atom stereocenters. The first kappa shape index (κ1) is 12.8. The van der Waals surface area contributed by atoms with Gasteiger partial charge in [0.15, 0.2) is 17.8 Å². The molecule has 0 spiro atoms. The highest BCUT2D eigenvalue weighted by molar-refractivity contribution is 6.24. The largest absolute Gasteiger partial charge is 0.506 e. The Balaban J connectivity index is 2.38. The molecule has 108 valence electrons. The number of nitrogens with zero attached hydrogens (tertiary/aromatic N) is 1. The fraction of sp³-hybridized carbons (Fsp3) is 0.111. The Hall–Kier alpha value is -2.88. The maximum absolute atomic E-state index is 11.9. The number of phenols is 1. The molecule has 0 saturated carbocycles. The molecule has 0 bridgehead atoms. The van der Waals surface area contributed by atoms with E-state index < -0.39 is 0 Å². The Bertz CT molecular complexity index is 1080. The maximum Gasteiger partial charge on any atom is 0.182 e. The van der Waals surface area contributed by atoms with E-state index >= 15 is 0 Å². The van der Waals surface area contributed by atoms with Gasteiger partial charge in [-0.15, -0.1) is 0 Å². The fourth-order valence-electron chi connectivity index (χ4n) is 3.14. The highest BCUT2D eigenvalue weighted by Crippen LogP contribution is 2.40. The van der Waals surface area contributed by atoms with Crippen LogP contribution in [0.15, 0.2) is 41.1 Å². The van der Waals surface area contributed by atoms with Crippen molar-refractivity contribution in [3.05, 3.63) is 47.9 Å². The second-order valence-corrected chi connectivity index (χ2v) is 5.47. The van der Waals surface area contributed by atoms with Crippen molar-refractivity contribution in [2.24, 2.45) is 0 Å². The molecular formula is C18H13NO3. The Morgan fingerprint density at radius 3 is 2.68 bits per heavy atom. The van der Waals surface area contributed by atoms with Crippen LogP contribution in [0, 0.1) is 6.92 Å². The summed E-state index contributed by atoms with van der Waals surface area (Å²) in [7, 11) is 0. The topological polar surface area (TPSA) is 63.3 Å². The van der Waals surface area contributed by atoms with Crippen LogP contribution in [-0.4, -0.2) is 15.9 Å². The van der Waals surface area contributed by atoms with Crippen LogP contribution >= 0.6 is 0 Å². The zero-order chi connectivity index (χ0) is 15.4. The van der Waals surface area contributed by atoms with Crippen molar-refractivity contribution < 1.29 is 14.3 Å². The lowest BCUT2D eigenvalue weighted by molar-refractivity contribution is 0.101. The van der Waals surface area contributed by atoms with Crippen molar-refractivity contribution >= 4 is 38.4 Å². The van der Waals surface area contributed by atoms with Crippen molar-refractivity contribution in [3.63, 3.8) is 0 Å². The first-order chi connectivity index (χ1) is 10.6. The van der Waals surface area contributed by atoms with E-state index in [-0.39, 0.29) is 17.1 Å². The van der Waals surface area contributed by atoms with E-state index in [4.69, 9.17) is 4.42 Å². The molecule has 0 amide bonds. The number of carbonyl (C=O) groups excluding carboxylic acids is 1. The normalized spacial score (nSPS) is 11.5. The third kappa shape index (κ3) is 1.52. The standard InChI is InChI=1S/C18H13NO3/c1-9-4-3-5-12-11(9)6-7-13-15(12)18-16(19-8-22-18)14(10(2)20)17(13)21/h3-8,21H,1-2H3. The molecule has 1 aromatic heterocycles. The van der Waals surface area contributed by atoms with Crippen LogP contribution in [-0.2, 0) is 0 Å². The number of rotatable bonds is 1. The van der Waals surface area contributed by atoms with Crippen LogP contribution in [0.25, 0.3) is 32.6 Å². The molecule has 0 fully saturated rings. The second kappa shape index (κ2) is 4.31. The molecule has 0 radical (unpaired) electrons. The summed E-state index contributed by atoms with van der Waals surface area (Å²) in [6, 6.07) is 9.78. The maximum atomic E-state index is 11.9. The zero-order valence-corrected chi connectivity index (χ0v) is 12.2. The number of hydrogen-bond donors (Lipinski definition) is 1. The number of benzene rings is 3. The molecule has 4 nitrogen and oxygen atoms in total. The van der Waals surface area contributed by atoms with Gasteiger partial charge >= 0.3 is 0 Å². The number of ketones is 1. The minimum Gasteiger partial charge on any atom is -0.506 e. The molecule has 0 aliphatic rings. The lowest BCUT2D eigenvalue weighted by atomic mass is 9.95. The molecular weight excluding hydrogens is 278 g/mol. The predicted octanol–water partition coefficient (Wildman–Crippen LogP) is 4.35. The van der Waals surface area contributed by atoms with E-state index in [1.807, 2.05) is 37.3 Å². The van der Waals surface area contributed by atoms with E-state index in [9.17, 15) is 9.90 Å². The lowest BCUT2D eigenvalue weighted by Gasteiger charge is -2.10. The average Bonchev–Trinajstić information content (AvgIpc) is 2.95. The zero-order valence-electron chi connectivity index (χ0n) is 12.2. The van der Waals surface area contributed by atoms with Crippen LogP contribution in [0.1, 0.15) is 22.8 Å². The van der Waals surface area contributed by atoms with Crippen LogP contribution in [0.4, 0.5) is 0 Å². The minimum absolute atomic E-state index is 0.0349. The van der Waals surface area contributed by atoms with Gasteiger partial charge in [0.1, 0.15) is 11.3 Å². The van der Waals surface area contributed by atoms with E-state index in [1.54, 1.807) is 0 Å². The van der Waals surface area contributed by atoms with Crippen molar-refractivity contribution in [2.75, 3.05) is 0 Å². The third-order valence-electron chi connectivity index (χ3n) is 4.15. The second-order valence-electron chi connectivity index (χ2n) is 5.47. The predicted molar refractivity (Wildman–Crippen MR) is 85.4 cm³/mol. The summed E-state index contributed by atoms with van der Waals surface area (Å²) < 4.78 is 5.55. The third-order valence-corrected chi connectivity index (χ3v) is 4.15. The number of fused-ring (bicyclic) bond motifs is 5. The quantitative estimate of drug-likeness (QED) is 0.418. The van der Waals surface area contributed by atoms with Gasteiger partial charge in [0.25, 0.3) is 0 Å². The van der Waals surface area contributed by atoms with Gasteiger partial charge in [-0.2, -0.15) is 0 Å². The van der Waals surface area contributed by atoms with Crippen molar-refractivity contribution in [1.82, 2.24) is 4.98 Å². The number of carbonyl (C=O) groups is 1. The number of phenolic OH excluding ortho intramolecular Hbond substituents is 1. The summed E-state index contributed by atoms with van der Waals surface area (Å²) in [5.41, 5.74) is 2.30. The molecule has 4 aromatic rings. The molecule has 0 aliphatic carbocycles. The van der Waals surface area contributed by atoms with E-state index in [0.29, 0.717) is 16.5 Å². The Labute approximate surface area is 126 Å². The van der Waals surface area contributed by atoms with Gasteiger partial charge in [0.05, 0.1) is 5.56 Å². The molecule has 0 saturated heterocycles. The monoisotopic (exact) mass is 291 g/mol. The summed E-state index contributed by atoms with van der Waals surface area (Å²) in [6.45, 7) is 3.45. The summed E-state index contributed by atoms with van der Waals surface area (Å²) in [4.78, 5) is 16.0. The number of Topliss-reactive ketones (excluding diaryl/α,β-unsaturated/α-hetero) is 1. The molecule has 0 aliphatic heterocycles. The van der Waals surface area contributed by atoms with Gasteiger partial charge in [-0.05, 0) is 36.2 Å². The van der Waals surface area contributed by atoms with Crippen LogP contribution < -0.4 is 0 Å². The van der Waals surface area contributed by atoms with Gasteiger partial charge in [-0.3, -0.25) is 4.79 Å². The number of oxazole rings is 1. The molecule has 4 rings (SSSR count). The van der Waals surface area contributed by atoms with Crippen molar-refractivity contribution in [3.8, 4) is 5.75 Å². The number of aromatic nitrogens is 1. The fourth-order valence-corrected chi connectivity index (χ4v) is 3.14. The molecule has 1 N–H and O–H groups in total. The molecule has 4 heteroatoms. The van der Waals surface area contributed by atoms with Gasteiger partial charge in [0.2, 0.25) is 0 Å². The Morgan fingerprint density at radius 1 is 1.14 bits per heavy atom. The first-order valence-electron chi connectivity index (χ1n) is 7.00. The summed E-state index contributed by atoms with van der Waals surface area (Å²) in [5.74, 6) is -0.269. The summed E-state index contributed by atoms with van der Waals surface area (Å²) in [6.07, 6.45) is 1.31. The van der Waals surface area contributed by atoms with Gasteiger partial charge in [-0.1, -0.05) is 24.3 Å². The first-order valence-corrected chi connectivity index (χ1v) is 7.00. The van der Waals surface area contributed by atoms with Gasteiger partial charge in [-0.25, -0.2) is 4.98 Å². The number of hydrogen-bond acceptors (Lipinski definition) is 4. The lowest BCUT2D eigenvalue weighted by Crippen LogP contribution is -1.96. The highest BCUT2D eigenvalue weighted by atomic mass is 16.3. The smallest absolute Gasteiger partial charge is 0.182 e. The Kier molecular flexibility index (Phi) is 2.51. The van der Waals surface area contributed by atoms with Crippen LogP contribution in [0.5, 0.6) is 5.75 Å². The highest BCUT2D eigenvalue weighted by Gasteiger charge is 2.21. The van der Waals surface area contributed by atoms with Crippen LogP contribution in [0.2, 0.25) is 0 Å². The molecule has 0 atom stereocenters. The van der Waals surface area contributed by atoms with Gasteiger partial charge < -0.3 is 9.52 Å². The molecule has 1 heterocycles. The summed E-state index contributed by atoms with van der Waals surface area (Å²) >= 11 is 0. The van der Waals surface area contributed by atoms with Gasteiger partial charge in [0, 0.05) is 10.8 Å². The van der Waals surface area contributed by atoms with Crippen molar-refractivity contribution in [1.29, 1.82) is 0 Å². The number of aromatic hydroxyl groups is 1. The average molecular weight is 291 g/mol. The Morgan fingerprint density at radius 2 is 1.91 bits per heavy atom. The van der Waals surface area contributed by atoms with Crippen molar-refractivity contribution in [2.45, 2.75) is 13.8 Å². The van der Waals surface area contributed by atoms with E-state index in [2.05, 4.69) is 4.98 Å². The molecule has 3 aromatic carbocycles. The summed E-state index contributed by atoms with van der Waals surface area (Å²) in [5, 5.41) is 14.0. The SMILES string of the molecule is CC(=O)c1c(O)c2ccc3c(C)cccc3c2c2ocnc12.